The minimum Gasteiger partial charge on any atom is -0.392 e. The fourth-order valence-electron chi connectivity index (χ4n) is 2.99. The van der Waals surface area contributed by atoms with Crippen LogP contribution >= 0.6 is 0 Å². The molecule has 0 radical (unpaired) electrons. The Morgan fingerprint density at radius 1 is 1.42 bits per heavy atom. The van der Waals surface area contributed by atoms with Crippen LogP contribution in [0.1, 0.15) is 13.8 Å². The van der Waals surface area contributed by atoms with Crippen LogP contribution in [0.2, 0.25) is 0 Å². The molecule has 1 heterocycles. The summed E-state index contributed by atoms with van der Waals surface area (Å²) >= 11 is 0. The van der Waals surface area contributed by atoms with E-state index in [1.54, 1.807) is 13.0 Å². The van der Waals surface area contributed by atoms with Gasteiger partial charge in [0.15, 0.2) is 9.84 Å². The van der Waals surface area contributed by atoms with Gasteiger partial charge in [0.25, 0.3) is 5.69 Å². The molecule has 0 bridgehead atoms. The van der Waals surface area contributed by atoms with E-state index in [0.717, 1.165) is 12.8 Å². The summed E-state index contributed by atoms with van der Waals surface area (Å²) in [6.07, 6.45) is 0.567. The van der Waals surface area contributed by atoms with Crippen molar-refractivity contribution in [2.45, 2.75) is 30.9 Å². The molecule has 1 aromatic carbocycles. The lowest BCUT2D eigenvalue weighted by atomic mass is 10.1. The standard InChI is InChI=1S/C15H23N3O5S/c1-11-9-17(7-6-16(11)10-12(2)19)13-4-5-14(18(20)21)15(8-13)24(3,22)23/h4-5,8,11-12,19H,6-7,9-10H2,1-3H3. The van der Waals surface area contributed by atoms with Crippen LogP contribution in [0.25, 0.3) is 0 Å². The van der Waals surface area contributed by atoms with Gasteiger partial charge in [0.2, 0.25) is 0 Å². The van der Waals surface area contributed by atoms with Gasteiger partial charge < -0.3 is 10.0 Å². The minimum absolute atomic E-state index is 0.185. The molecule has 1 saturated heterocycles. The molecule has 9 heteroatoms. The van der Waals surface area contributed by atoms with E-state index in [-0.39, 0.29) is 10.9 Å². The van der Waals surface area contributed by atoms with Gasteiger partial charge in [0.05, 0.1) is 11.0 Å². The second-order valence-electron chi connectivity index (χ2n) is 6.32. The molecule has 8 nitrogen and oxygen atoms in total. The fourth-order valence-corrected chi connectivity index (χ4v) is 3.85. The molecule has 1 aliphatic rings. The number of nitro groups is 1. The summed E-state index contributed by atoms with van der Waals surface area (Å²) in [5.74, 6) is 0. The third-order valence-corrected chi connectivity index (χ3v) is 5.29. The second-order valence-corrected chi connectivity index (χ2v) is 8.30. The van der Waals surface area contributed by atoms with Gasteiger partial charge in [-0.2, -0.15) is 0 Å². The first kappa shape index (κ1) is 18.6. The summed E-state index contributed by atoms with van der Waals surface area (Å²) < 4.78 is 23.7. The summed E-state index contributed by atoms with van der Waals surface area (Å²) in [5, 5.41) is 20.6. The Kier molecular flexibility index (Phi) is 5.46. The Hall–Kier alpha value is -1.71. The summed E-state index contributed by atoms with van der Waals surface area (Å²) in [5.41, 5.74) is 0.256. The average Bonchev–Trinajstić information content (AvgIpc) is 2.47. The van der Waals surface area contributed by atoms with E-state index in [4.69, 9.17) is 0 Å². The Morgan fingerprint density at radius 3 is 2.58 bits per heavy atom. The van der Waals surface area contributed by atoms with Crippen LogP contribution in [0.3, 0.4) is 0 Å². The summed E-state index contributed by atoms with van der Waals surface area (Å²) in [7, 11) is -3.69. The third kappa shape index (κ3) is 4.22. The lowest BCUT2D eigenvalue weighted by Crippen LogP contribution is -2.53. The molecule has 2 atom stereocenters. The van der Waals surface area contributed by atoms with Crippen molar-refractivity contribution in [3.05, 3.63) is 28.3 Å². The minimum atomic E-state index is -3.69. The van der Waals surface area contributed by atoms with Crippen LogP contribution in [0.5, 0.6) is 0 Å². The van der Waals surface area contributed by atoms with E-state index < -0.39 is 26.6 Å². The lowest BCUT2D eigenvalue weighted by molar-refractivity contribution is -0.387. The number of nitrogens with zero attached hydrogens (tertiary/aromatic N) is 3. The second kappa shape index (κ2) is 7.04. The molecular weight excluding hydrogens is 334 g/mol. The van der Waals surface area contributed by atoms with Crippen molar-refractivity contribution < 1.29 is 18.4 Å². The van der Waals surface area contributed by atoms with Gasteiger partial charge in [-0.3, -0.25) is 15.0 Å². The van der Waals surface area contributed by atoms with Gasteiger partial charge in [-0.05, 0) is 26.0 Å². The number of rotatable bonds is 5. The first-order chi connectivity index (χ1) is 11.1. The molecule has 2 unspecified atom stereocenters. The van der Waals surface area contributed by atoms with Gasteiger partial charge in [-0.15, -0.1) is 0 Å². The number of aliphatic hydroxyl groups is 1. The highest BCUT2D eigenvalue weighted by Crippen LogP contribution is 2.30. The van der Waals surface area contributed by atoms with E-state index in [9.17, 15) is 23.6 Å². The van der Waals surface area contributed by atoms with Crippen LogP contribution in [0.4, 0.5) is 11.4 Å². The Labute approximate surface area is 141 Å². The average molecular weight is 357 g/mol. The zero-order chi connectivity index (χ0) is 18.1. The van der Waals surface area contributed by atoms with Gasteiger partial charge in [-0.25, -0.2) is 8.42 Å². The van der Waals surface area contributed by atoms with Crippen LogP contribution in [0, 0.1) is 10.1 Å². The van der Waals surface area contributed by atoms with Crippen molar-refractivity contribution in [1.82, 2.24) is 4.90 Å². The van der Waals surface area contributed by atoms with Crippen molar-refractivity contribution in [2.24, 2.45) is 0 Å². The quantitative estimate of drug-likeness (QED) is 0.616. The fraction of sp³-hybridized carbons (Fsp3) is 0.600. The molecule has 0 aliphatic carbocycles. The number of piperazine rings is 1. The van der Waals surface area contributed by atoms with E-state index in [2.05, 4.69) is 4.90 Å². The number of aliphatic hydroxyl groups excluding tert-OH is 1. The van der Waals surface area contributed by atoms with Crippen LogP contribution in [0.15, 0.2) is 23.1 Å². The SMILES string of the molecule is CC(O)CN1CCN(c2ccc([N+](=O)[O-])c(S(C)(=O)=O)c2)CC1C. The number of β-amino-alcohol motifs (C(OH)–C–C–N with tert-alkyl or cyclic N) is 1. The number of nitro benzene ring substituents is 1. The monoisotopic (exact) mass is 357 g/mol. The molecule has 0 spiro atoms. The Bertz CT molecular complexity index is 720. The summed E-state index contributed by atoms with van der Waals surface area (Å²) in [4.78, 5) is 14.3. The van der Waals surface area contributed by atoms with Gasteiger partial charge in [0, 0.05) is 50.2 Å². The number of hydrogen-bond donors (Lipinski definition) is 1. The smallest absolute Gasteiger partial charge is 0.288 e. The normalized spacial score (nSPS) is 20.8. The molecule has 1 aromatic rings. The molecule has 1 aliphatic heterocycles. The van der Waals surface area contributed by atoms with Crippen molar-refractivity contribution in [2.75, 3.05) is 37.3 Å². The molecule has 0 aromatic heterocycles. The van der Waals surface area contributed by atoms with Crippen LogP contribution in [-0.2, 0) is 9.84 Å². The predicted molar refractivity (Wildman–Crippen MR) is 91.1 cm³/mol. The molecule has 0 saturated carbocycles. The lowest BCUT2D eigenvalue weighted by Gasteiger charge is -2.41. The maximum atomic E-state index is 11.9. The van der Waals surface area contributed by atoms with Crippen molar-refractivity contribution in [3.8, 4) is 0 Å². The van der Waals surface area contributed by atoms with E-state index in [1.807, 2.05) is 11.8 Å². The van der Waals surface area contributed by atoms with Gasteiger partial charge in [-0.1, -0.05) is 0 Å². The number of hydrogen-bond acceptors (Lipinski definition) is 7. The molecule has 2 rings (SSSR count). The third-order valence-electron chi connectivity index (χ3n) is 4.17. The summed E-state index contributed by atoms with van der Waals surface area (Å²) in [6.45, 7) is 6.43. The Morgan fingerprint density at radius 2 is 2.08 bits per heavy atom. The molecule has 1 N–H and O–H groups in total. The first-order valence-corrected chi connectivity index (χ1v) is 9.64. The van der Waals surface area contributed by atoms with Crippen LogP contribution in [-0.4, -0.2) is 67.9 Å². The zero-order valence-corrected chi connectivity index (χ0v) is 14.9. The summed E-state index contributed by atoms with van der Waals surface area (Å²) in [6, 6.07) is 4.40. The topological polar surface area (TPSA) is 104 Å². The van der Waals surface area contributed by atoms with E-state index >= 15 is 0 Å². The van der Waals surface area contributed by atoms with Crippen molar-refractivity contribution in [1.29, 1.82) is 0 Å². The van der Waals surface area contributed by atoms with Crippen molar-refractivity contribution in [3.63, 3.8) is 0 Å². The van der Waals surface area contributed by atoms with Crippen molar-refractivity contribution >= 4 is 21.2 Å². The van der Waals surface area contributed by atoms with Gasteiger partial charge in [0.1, 0.15) is 4.90 Å². The van der Waals surface area contributed by atoms with E-state index in [0.29, 0.717) is 25.3 Å². The first-order valence-electron chi connectivity index (χ1n) is 7.75. The molecule has 24 heavy (non-hydrogen) atoms. The molecule has 134 valence electrons. The highest BCUT2D eigenvalue weighted by atomic mass is 32.2. The highest BCUT2D eigenvalue weighted by molar-refractivity contribution is 7.90. The predicted octanol–water partition coefficient (Wildman–Crippen LogP) is 0.890. The van der Waals surface area contributed by atoms with E-state index in [1.165, 1.54) is 12.1 Å². The maximum Gasteiger partial charge on any atom is 0.288 e. The van der Waals surface area contributed by atoms with Gasteiger partial charge >= 0.3 is 0 Å². The van der Waals surface area contributed by atoms with Crippen LogP contribution < -0.4 is 4.90 Å². The zero-order valence-electron chi connectivity index (χ0n) is 14.0. The molecule has 0 amide bonds. The molecular formula is C15H23N3O5S. The molecule has 1 fully saturated rings. The highest BCUT2D eigenvalue weighted by Gasteiger charge is 2.27. The maximum absolute atomic E-state index is 11.9. The Balaban J connectivity index is 2.26. The number of anilines is 1. The largest absolute Gasteiger partial charge is 0.392 e. The number of benzene rings is 1. The number of sulfone groups is 1.